The average molecular weight is 409 g/mol. The third-order valence-corrected chi connectivity index (χ3v) is 9.93. The van der Waals surface area contributed by atoms with E-state index in [4.69, 9.17) is 4.43 Å². The maximum Gasteiger partial charge on any atom is 0.277 e. The van der Waals surface area contributed by atoms with Crippen LogP contribution in [0.1, 0.15) is 31.9 Å². The van der Waals surface area contributed by atoms with Gasteiger partial charge in [-0.05, 0) is 42.4 Å². The molecule has 0 aliphatic carbocycles. The van der Waals surface area contributed by atoms with Gasteiger partial charge in [0, 0.05) is 18.2 Å². The summed E-state index contributed by atoms with van der Waals surface area (Å²) < 4.78 is 6.33. The van der Waals surface area contributed by atoms with Crippen LogP contribution in [0.25, 0.3) is 6.08 Å². The highest BCUT2D eigenvalue weighted by molar-refractivity contribution is 6.74. The second-order valence-electron chi connectivity index (χ2n) is 8.78. The molecule has 0 radical (unpaired) electrons. The number of benzene rings is 2. The largest absolute Gasteiger partial charge is 0.543 e. The number of nitrogens with zero attached hydrogens (tertiary/aromatic N) is 2. The van der Waals surface area contributed by atoms with Crippen LogP contribution in [0, 0.1) is 0 Å². The molecule has 2 aromatic carbocycles. The Hall–Kier alpha value is -2.86. The SMILES string of the molecule is CN1C(=O)/C(=C/c2cc(O[Si](C)(C)C(C)(C)C)ccc2O)N=C1c1ccccc1. The van der Waals surface area contributed by atoms with Crippen molar-refractivity contribution in [3.63, 3.8) is 0 Å². The molecule has 0 saturated heterocycles. The molecule has 1 aliphatic heterocycles. The van der Waals surface area contributed by atoms with E-state index in [1.54, 1.807) is 31.3 Å². The van der Waals surface area contributed by atoms with Crippen molar-refractivity contribution in [2.75, 3.05) is 7.05 Å². The molecule has 1 aliphatic rings. The fourth-order valence-electron chi connectivity index (χ4n) is 2.75. The van der Waals surface area contributed by atoms with Crippen molar-refractivity contribution in [2.24, 2.45) is 4.99 Å². The van der Waals surface area contributed by atoms with E-state index in [-0.39, 0.29) is 22.4 Å². The smallest absolute Gasteiger partial charge is 0.277 e. The number of rotatable bonds is 4. The van der Waals surface area contributed by atoms with Crippen LogP contribution in [0.4, 0.5) is 0 Å². The van der Waals surface area contributed by atoms with Crippen LogP contribution in [0.3, 0.4) is 0 Å². The maximum atomic E-state index is 12.7. The zero-order valence-corrected chi connectivity index (χ0v) is 18.9. The number of likely N-dealkylation sites (N-methyl/N-ethyl adjacent to an activating group) is 1. The first kappa shape index (κ1) is 20.9. The quantitative estimate of drug-likeness (QED) is 0.570. The predicted molar refractivity (Wildman–Crippen MR) is 120 cm³/mol. The lowest BCUT2D eigenvalue weighted by Crippen LogP contribution is -2.43. The Labute approximate surface area is 173 Å². The molecule has 0 bridgehead atoms. The Morgan fingerprint density at radius 1 is 1.10 bits per heavy atom. The third-order valence-electron chi connectivity index (χ3n) is 5.57. The molecule has 1 N–H and O–H groups in total. The summed E-state index contributed by atoms with van der Waals surface area (Å²) in [6.45, 7) is 10.9. The number of phenolic OH excluding ortho intramolecular Hbond substituents is 1. The van der Waals surface area contributed by atoms with Gasteiger partial charge in [0.25, 0.3) is 5.91 Å². The minimum atomic E-state index is -2.01. The van der Waals surface area contributed by atoms with Crippen LogP contribution >= 0.6 is 0 Å². The molecule has 0 spiro atoms. The summed E-state index contributed by atoms with van der Waals surface area (Å²) in [7, 11) is -0.315. The van der Waals surface area contributed by atoms with Crippen LogP contribution in [-0.2, 0) is 4.79 Å². The highest BCUT2D eigenvalue weighted by atomic mass is 28.4. The molecule has 5 nitrogen and oxygen atoms in total. The molecule has 152 valence electrons. The second-order valence-corrected chi connectivity index (χ2v) is 13.5. The van der Waals surface area contributed by atoms with Crippen molar-refractivity contribution >= 4 is 26.1 Å². The van der Waals surface area contributed by atoms with Crippen LogP contribution in [0.5, 0.6) is 11.5 Å². The van der Waals surface area contributed by atoms with Gasteiger partial charge in [-0.1, -0.05) is 51.1 Å². The second kappa shape index (κ2) is 7.52. The lowest BCUT2D eigenvalue weighted by Gasteiger charge is -2.36. The van der Waals surface area contributed by atoms with Gasteiger partial charge in [0.15, 0.2) is 0 Å². The van der Waals surface area contributed by atoms with Crippen molar-refractivity contribution in [2.45, 2.75) is 38.9 Å². The maximum absolute atomic E-state index is 12.7. The third kappa shape index (κ3) is 4.27. The van der Waals surface area contributed by atoms with Gasteiger partial charge in [-0.25, -0.2) is 4.99 Å². The van der Waals surface area contributed by atoms with E-state index in [1.165, 1.54) is 4.90 Å². The summed E-state index contributed by atoms with van der Waals surface area (Å²) >= 11 is 0. The van der Waals surface area contributed by atoms with Gasteiger partial charge >= 0.3 is 0 Å². The van der Waals surface area contributed by atoms with Crippen molar-refractivity contribution in [3.05, 3.63) is 65.4 Å². The number of phenols is 1. The summed E-state index contributed by atoms with van der Waals surface area (Å²) in [4.78, 5) is 18.7. The van der Waals surface area contributed by atoms with Crippen LogP contribution in [0.15, 0.2) is 59.2 Å². The molecule has 2 aromatic rings. The summed E-state index contributed by atoms with van der Waals surface area (Å²) in [5.41, 5.74) is 1.66. The van der Waals surface area contributed by atoms with Crippen molar-refractivity contribution < 1.29 is 14.3 Å². The van der Waals surface area contributed by atoms with Gasteiger partial charge in [-0.15, -0.1) is 0 Å². The molecule has 0 saturated carbocycles. The van der Waals surface area contributed by atoms with Crippen molar-refractivity contribution in [3.8, 4) is 11.5 Å². The zero-order valence-electron chi connectivity index (χ0n) is 17.9. The van der Waals surface area contributed by atoms with Crippen LogP contribution in [0.2, 0.25) is 18.1 Å². The number of hydrogen-bond donors (Lipinski definition) is 1. The summed E-state index contributed by atoms with van der Waals surface area (Å²) in [5, 5.41) is 10.4. The highest BCUT2D eigenvalue weighted by Gasteiger charge is 2.39. The van der Waals surface area contributed by atoms with E-state index in [0.717, 1.165) is 5.56 Å². The average Bonchev–Trinajstić information content (AvgIpc) is 2.92. The van der Waals surface area contributed by atoms with E-state index >= 15 is 0 Å². The van der Waals surface area contributed by atoms with Gasteiger partial charge in [-0.2, -0.15) is 0 Å². The number of carbonyl (C=O) groups excluding carboxylic acids is 1. The number of amides is 1. The standard InChI is InChI=1S/C23H28N2O3Si/c1-23(2,3)29(5,6)28-18-12-13-20(26)17(14-18)15-19-22(27)25(4)21(24-19)16-10-8-7-9-11-16/h7-15,26H,1-6H3/b19-15-. The van der Waals surface area contributed by atoms with E-state index in [2.05, 4.69) is 38.9 Å². The number of aliphatic imine (C=N–C) groups is 1. The summed E-state index contributed by atoms with van der Waals surface area (Å²) in [6, 6.07) is 14.7. The Balaban J connectivity index is 1.96. The normalized spacial score (nSPS) is 16.3. The Bertz CT molecular complexity index is 989. The van der Waals surface area contributed by atoms with Crippen LogP contribution < -0.4 is 4.43 Å². The molecule has 29 heavy (non-hydrogen) atoms. The zero-order chi connectivity index (χ0) is 21.4. The lowest BCUT2D eigenvalue weighted by atomic mass is 10.1. The Morgan fingerprint density at radius 3 is 2.38 bits per heavy atom. The van der Waals surface area contributed by atoms with E-state index in [0.29, 0.717) is 17.1 Å². The molecule has 3 rings (SSSR count). The number of hydrogen-bond acceptors (Lipinski definition) is 4. The summed E-state index contributed by atoms with van der Waals surface area (Å²) in [6.07, 6.45) is 1.61. The lowest BCUT2D eigenvalue weighted by molar-refractivity contribution is -0.121. The van der Waals surface area contributed by atoms with E-state index < -0.39 is 8.32 Å². The minimum absolute atomic E-state index is 0.0581. The minimum Gasteiger partial charge on any atom is -0.543 e. The fraction of sp³-hybridized carbons (Fsp3) is 0.304. The first-order chi connectivity index (χ1) is 13.5. The monoisotopic (exact) mass is 408 g/mol. The first-order valence-electron chi connectivity index (χ1n) is 9.65. The van der Waals surface area contributed by atoms with E-state index in [1.807, 2.05) is 30.3 Å². The molecule has 0 aromatic heterocycles. The van der Waals surface area contributed by atoms with Gasteiger partial charge in [0.05, 0.1) is 0 Å². The first-order valence-corrected chi connectivity index (χ1v) is 12.6. The van der Waals surface area contributed by atoms with Crippen LogP contribution in [-0.4, -0.2) is 37.1 Å². The number of carbonyl (C=O) groups is 1. The highest BCUT2D eigenvalue weighted by Crippen LogP contribution is 2.38. The van der Waals surface area contributed by atoms with Gasteiger partial charge in [0.2, 0.25) is 8.32 Å². The van der Waals surface area contributed by atoms with Crippen molar-refractivity contribution in [1.82, 2.24) is 4.90 Å². The molecule has 0 unspecified atom stereocenters. The molecular weight excluding hydrogens is 380 g/mol. The number of aromatic hydroxyl groups is 1. The topological polar surface area (TPSA) is 62.1 Å². The fourth-order valence-corrected chi connectivity index (χ4v) is 3.77. The Kier molecular flexibility index (Phi) is 5.41. The molecule has 0 fully saturated rings. The molecule has 1 heterocycles. The van der Waals surface area contributed by atoms with Crippen molar-refractivity contribution in [1.29, 1.82) is 0 Å². The Morgan fingerprint density at radius 2 is 1.76 bits per heavy atom. The summed E-state index contributed by atoms with van der Waals surface area (Å²) in [5.74, 6) is 1.15. The van der Waals surface area contributed by atoms with Gasteiger partial charge in [-0.3, -0.25) is 9.69 Å². The van der Waals surface area contributed by atoms with Gasteiger partial charge in [0.1, 0.15) is 23.0 Å². The molecule has 6 heteroatoms. The van der Waals surface area contributed by atoms with Gasteiger partial charge < -0.3 is 9.53 Å². The molecular formula is C23H28N2O3Si. The predicted octanol–water partition coefficient (Wildman–Crippen LogP) is 5.04. The molecule has 1 amide bonds. The molecule has 0 atom stereocenters. The number of amidine groups is 1. The van der Waals surface area contributed by atoms with E-state index in [9.17, 15) is 9.90 Å².